The maximum atomic E-state index is 4.64. The first-order valence-corrected chi connectivity index (χ1v) is 6.21. The molecule has 19 heavy (non-hydrogen) atoms. The second kappa shape index (κ2) is 3.92. The molecule has 2 heterocycles. The summed E-state index contributed by atoms with van der Waals surface area (Å²) < 4.78 is 0. The Hall–Kier alpha value is -2.68. The molecular weight excluding hydrogens is 234 g/mol. The minimum atomic E-state index is 0.866. The number of nitrogens with one attached hydrogen (secondary N) is 1. The van der Waals surface area contributed by atoms with E-state index in [2.05, 4.69) is 27.1 Å². The predicted molar refractivity (Wildman–Crippen MR) is 76.8 cm³/mol. The van der Waals surface area contributed by atoms with E-state index in [1.54, 1.807) is 0 Å². The molecule has 0 saturated carbocycles. The molecular formula is C16H11N3. The van der Waals surface area contributed by atoms with Gasteiger partial charge in [0.1, 0.15) is 5.82 Å². The number of H-pyrrole nitrogens is 1. The third-order valence-electron chi connectivity index (χ3n) is 3.28. The molecule has 0 unspecified atom stereocenters. The van der Waals surface area contributed by atoms with E-state index in [1.807, 2.05) is 48.7 Å². The van der Waals surface area contributed by atoms with E-state index in [1.165, 1.54) is 0 Å². The zero-order chi connectivity index (χ0) is 12.7. The molecule has 0 aliphatic heterocycles. The average Bonchev–Trinajstić information content (AvgIpc) is 2.90. The number of rotatable bonds is 1. The zero-order valence-corrected chi connectivity index (χ0v) is 10.2. The first kappa shape index (κ1) is 10.3. The van der Waals surface area contributed by atoms with Gasteiger partial charge >= 0.3 is 0 Å². The summed E-state index contributed by atoms with van der Waals surface area (Å²) in [7, 11) is 0. The molecule has 3 heteroatoms. The van der Waals surface area contributed by atoms with Crippen molar-refractivity contribution in [2.24, 2.45) is 0 Å². The Morgan fingerprint density at radius 3 is 2.68 bits per heavy atom. The maximum absolute atomic E-state index is 4.64. The van der Waals surface area contributed by atoms with Crippen LogP contribution in [0.2, 0.25) is 0 Å². The van der Waals surface area contributed by atoms with Gasteiger partial charge in [0.15, 0.2) is 0 Å². The summed E-state index contributed by atoms with van der Waals surface area (Å²) in [4.78, 5) is 12.5. The first-order valence-electron chi connectivity index (χ1n) is 6.21. The summed E-state index contributed by atoms with van der Waals surface area (Å²) >= 11 is 0. The van der Waals surface area contributed by atoms with Crippen molar-refractivity contribution < 1.29 is 0 Å². The largest absolute Gasteiger partial charge is 0.338 e. The van der Waals surface area contributed by atoms with Crippen LogP contribution in [0.25, 0.3) is 33.3 Å². The minimum absolute atomic E-state index is 0.866. The van der Waals surface area contributed by atoms with Gasteiger partial charge in [-0.2, -0.15) is 0 Å². The van der Waals surface area contributed by atoms with Gasteiger partial charge in [0.25, 0.3) is 0 Å². The van der Waals surface area contributed by atoms with Crippen LogP contribution in [0.1, 0.15) is 0 Å². The molecule has 2 aromatic carbocycles. The van der Waals surface area contributed by atoms with Gasteiger partial charge in [-0.15, -0.1) is 0 Å². The average molecular weight is 245 g/mol. The van der Waals surface area contributed by atoms with Crippen molar-refractivity contribution in [3.8, 4) is 11.4 Å². The number of aromatic nitrogens is 3. The summed E-state index contributed by atoms with van der Waals surface area (Å²) in [6.45, 7) is 0. The lowest BCUT2D eigenvalue weighted by Crippen LogP contribution is -1.85. The molecule has 3 nitrogen and oxygen atoms in total. The Morgan fingerprint density at radius 2 is 1.74 bits per heavy atom. The van der Waals surface area contributed by atoms with E-state index in [0.29, 0.717) is 0 Å². The van der Waals surface area contributed by atoms with Crippen LogP contribution in [0.5, 0.6) is 0 Å². The van der Waals surface area contributed by atoms with Crippen molar-refractivity contribution in [3.63, 3.8) is 0 Å². The highest BCUT2D eigenvalue weighted by atomic mass is 14.9. The Balaban J connectivity index is 2.03. The van der Waals surface area contributed by atoms with E-state index in [-0.39, 0.29) is 0 Å². The van der Waals surface area contributed by atoms with Crippen LogP contribution in [0.3, 0.4) is 0 Å². The van der Waals surface area contributed by atoms with Gasteiger partial charge in [-0.1, -0.05) is 30.3 Å². The number of nitrogens with zero attached hydrogens (tertiary/aromatic N) is 2. The zero-order valence-electron chi connectivity index (χ0n) is 10.2. The molecule has 0 amide bonds. The highest BCUT2D eigenvalue weighted by Crippen LogP contribution is 2.26. The smallest absolute Gasteiger partial charge is 0.140 e. The number of hydrogen-bond acceptors (Lipinski definition) is 2. The lowest BCUT2D eigenvalue weighted by atomic mass is 10.1. The van der Waals surface area contributed by atoms with Crippen LogP contribution in [-0.2, 0) is 0 Å². The van der Waals surface area contributed by atoms with Gasteiger partial charge in [-0.3, -0.25) is 4.98 Å². The van der Waals surface area contributed by atoms with E-state index in [4.69, 9.17) is 0 Å². The summed E-state index contributed by atoms with van der Waals surface area (Å²) in [5.41, 5.74) is 4.04. The highest BCUT2D eigenvalue weighted by Gasteiger charge is 2.08. The van der Waals surface area contributed by atoms with Crippen LogP contribution < -0.4 is 0 Å². The van der Waals surface area contributed by atoms with Gasteiger partial charge in [0.05, 0.1) is 16.6 Å². The summed E-state index contributed by atoms with van der Waals surface area (Å²) in [6.07, 6.45) is 1.81. The number of para-hydroxylation sites is 3. The number of hydrogen-bond donors (Lipinski definition) is 1. The number of fused-ring (bicyclic) bond motifs is 2. The minimum Gasteiger partial charge on any atom is -0.338 e. The van der Waals surface area contributed by atoms with Gasteiger partial charge in [0, 0.05) is 17.1 Å². The fourth-order valence-corrected chi connectivity index (χ4v) is 2.38. The quantitative estimate of drug-likeness (QED) is 0.554. The molecule has 0 spiro atoms. The summed E-state index contributed by atoms with van der Waals surface area (Å²) in [5, 5.41) is 1.13. The fourth-order valence-electron chi connectivity index (χ4n) is 2.38. The molecule has 90 valence electrons. The third-order valence-corrected chi connectivity index (χ3v) is 3.28. The van der Waals surface area contributed by atoms with E-state index in [9.17, 15) is 0 Å². The maximum Gasteiger partial charge on any atom is 0.140 e. The fraction of sp³-hybridized carbons (Fsp3) is 0. The van der Waals surface area contributed by atoms with E-state index >= 15 is 0 Å². The van der Waals surface area contributed by atoms with Crippen molar-refractivity contribution in [1.29, 1.82) is 0 Å². The second-order valence-electron chi connectivity index (χ2n) is 4.48. The molecule has 0 radical (unpaired) electrons. The van der Waals surface area contributed by atoms with E-state index in [0.717, 1.165) is 33.3 Å². The normalized spacial score (nSPS) is 11.2. The van der Waals surface area contributed by atoms with E-state index < -0.39 is 0 Å². The van der Waals surface area contributed by atoms with Gasteiger partial charge in [-0.05, 0) is 24.3 Å². The lowest BCUT2D eigenvalue weighted by Gasteiger charge is -2.01. The van der Waals surface area contributed by atoms with Crippen LogP contribution in [0.15, 0.2) is 60.8 Å². The van der Waals surface area contributed by atoms with Crippen molar-refractivity contribution in [1.82, 2.24) is 15.0 Å². The van der Waals surface area contributed by atoms with Crippen molar-refractivity contribution in [2.45, 2.75) is 0 Å². The Bertz CT molecular complexity index is 839. The van der Waals surface area contributed by atoms with Gasteiger partial charge in [-0.25, -0.2) is 4.98 Å². The topological polar surface area (TPSA) is 41.6 Å². The van der Waals surface area contributed by atoms with Crippen molar-refractivity contribution in [3.05, 3.63) is 60.8 Å². The number of aromatic amines is 1. The summed E-state index contributed by atoms with van der Waals surface area (Å²) in [5.74, 6) is 0.866. The van der Waals surface area contributed by atoms with Crippen molar-refractivity contribution in [2.75, 3.05) is 0 Å². The molecule has 1 N–H and O–H groups in total. The lowest BCUT2D eigenvalue weighted by molar-refractivity contribution is 1.32. The van der Waals surface area contributed by atoms with Crippen LogP contribution in [0, 0.1) is 0 Å². The Kier molecular flexibility index (Phi) is 2.12. The molecule has 4 rings (SSSR count). The monoisotopic (exact) mass is 245 g/mol. The number of pyridine rings is 1. The molecule has 0 saturated heterocycles. The highest BCUT2D eigenvalue weighted by molar-refractivity contribution is 5.93. The second-order valence-corrected chi connectivity index (χ2v) is 4.48. The third kappa shape index (κ3) is 1.59. The van der Waals surface area contributed by atoms with Crippen LogP contribution in [0.4, 0.5) is 0 Å². The molecule has 0 aliphatic carbocycles. The van der Waals surface area contributed by atoms with Gasteiger partial charge in [0.2, 0.25) is 0 Å². The van der Waals surface area contributed by atoms with Crippen LogP contribution >= 0.6 is 0 Å². The number of imidazole rings is 1. The standard InChI is InChI=1S/C16H11N3/c1-2-9-14-13(8-1)18-16(19-14)12-7-3-5-11-6-4-10-17-15(11)12/h1-10H,(H,18,19). The first-order chi connectivity index (χ1) is 9.42. The van der Waals surface area contributed by atoms with Crippen molar-refractivity contribution >= 4 is 21.9 Å². The molecule has 0 bridgehead atoms. The SMILES string of the molecule is c1cnc2c(-c3nc4ccccc4[nH]3)cccc2c1. The molecule has 0 aliphatic rings. The summed E-state index contributed by atoms with van der Waals surface area (Å²) in [6, 6.07) is 18.2. The molecule has 4 aromatic rings. The molecule has 2 aromatic heterocycles. The van der Waals surface area contributed by atoms with Crippen LogP contribution in [-0.4, -0.2) is 15.0 Å². The number of benzene rings is 2. The Labute approximate surface area is 110 Å². The predicted octanol–water partition coefficient (Wildman–Crippen LogP) is 3.78. The Morgan fingerprint density at radius 1 is 0.842 bits per heavy atom. The van der Waals surface area contributed by atoms with Gasteiger partial charge < -0.3 is 4.98 Å². The molecule has 0 fully saturated rings. The molecule has 0 atom stereocenters.